The lowest BCUT2D eigenvalue weighted by molar-refractivity contribution is -0.148. The minimum atomic E-state index is -0.222. The van der Waals surface area contributed by atoms with Crippen LogP contribution in [-0.4, -0.2) is 46.9 Å². The van der Waals surface area contributed by atoms with E-state index < -0.39 is 0 Å². The molecule has 0 bridgehead atoms. The van der Waals surface area contributed by atoms with E-state index in [1.807, 2.05) is 19.1 Å². The van der Waals surface area contributed by atoms with Crippen molar-refractivity contribution >= 4 is 34.4 Å². The number of imidazole rings is 1. The van der Waals surface area contributed by atoms with E-state index in [-0.39, 0.29) is 29.6 Å². The number of carbonyl (C=O) groups is 2. The maximum Gasteiger partial charge on any atom is 0.328 e. The monoisotopic (exact) mass is 443 g/mol. The van der Waals surface area contributed by atoms with Crippen molar-refractivity contribution in [3.8, 4) is 0 Å². The Labute approximate surface area is 187 Å². The first-order valence-electron chi connectivity index (χ1n) is 11.6. The Bertz CT molecular complexity index is 1060. The first kappa shape index (κ1) is 22.2. The summed E-state index contributed by atoms with van der Waals surface area (Å²) in [5.74, 6) is -0.236. The normalized spacial score (nSPS) is 17.7. The van der Waals surface area contributed by atoms with Crippen molar-refractivity contribution in [2.24, 2.45) is 20.0 Å². The van der Waals surface area contributed by atoms with E-state index in [1.54, 1.807) is 23.2 Å². The number of anilines is 2. The molecule has 9 heteroatoms. The summed E-state index contributed by atoms with van der Waals surface area (Å²) in [5.41, 5.74) is 2.99. The first-order chi connectivity index (χ1) is 15.4. The molecule has 2 amide bonds. The molecule has 1 aromatic carbocycles. The third kappa shape index (κ3) is 4.33. The van der Waals surface area contributed by atoms with Crippen LogP contribution in [0.2, 0.25) is 0 Å². The summed E-state index contributed by atoms with van der Waals surface area (Å²) in [6.45, 7) is 3.56. The van der Waals surface area contributed by atoms with Crippen molar-refractivity contribution in [2.75, 3.05) is 29.9 Å². The van der Waals surface area contributed by atoms with Gasteiger partial charge in [-0.2, -0.15) is 0 Å². The Hall–Kier alpha value is -2.97. The van der Waals surface area contributed by atoms with Crippen molar-refractivity contribution in [3.63, 3.8) is 0 Å². The molecular formula is C23H33N5O4. The molecule has 2 aromatic rings. The third-order valence-electron chi connectivity index (χ3n) is 6.78. The van der Waals surface area contributed by atoms with Crippen LogP contribution >= 0.6 is 0 Å². The third-order valence-corrected chi connectivity index (χ3v) is 6.78. The van der Waals surface area contributed by atoms with Crippen LogP contribution in [-0.2, 0) is 23.6 Å². The number of rotatable bonds is 5. The summed E-state index contributed by atoms with van der Waals surface area (Å²) in [5, 5.41) is 6.10. The summed E-state index contributed by atoms with van der Waals surface area (Å²) in [6, 6.07) is 3.83. The number of aryl methyl sites for hydroxylation is 2. The molecule has 0 spiro atoms. The van der Waals surface area contributed by atoms with Gasteiger partial charge >= 0.3 is 17.7 Å². The number of benzene rings is 1. The number of esters is 1. The van der Waals surface area contributed by atoms with E-state index in [2.05, 4.69) is 15.5 Å². The number of hydrogen-bond donors (Lipinski definition) is 2. The smallest absolute Gasteiger partial charge is 0.328 e. The highest BCUT2D eigenvalue weighted by Gasteiger charge is 2.28. The van der Waals surface area contributed by atoms with Gasteiger partial charge in [0.05, 0.1) is 34.9 Å². The standard InChI is InChI=1S/C23H33N5O4/c1-4-32-21(29)15-9-11-28(12-10-15)18-14-20-19(26(2)23(31)27(20)3)13-17(18)25-22(30)24-16-7-5-6-8-16/h13-16H,4-12H2,1-3H3,(H2,24,25,30). The number of nitrogens with zero attached hydrogens (tertiary/aromatic N) is 3. The quantitative estimate of drug-likeness (QED) is 0.693. The number of hydrogen-bond acceptors (Lipinski definition) is 5. The molecule has 1 aromatic heterocycles. The Kier molecular flexibility index (Phi) is 6.43. The predicted octanol–water partition coefficient (Wildman–Crippen LogP) is 2.72. The zero-order valence-electron chi connectivity index (χ0n) is 19.1. The summed E-state index contributed by atoms with van der Waals surface area (Å²) in [7, 11) is 3.49. The second-order valence-electron chi connectivity index (χ2n) is 8.85. The lowest BCUT2D eigenvalue weighted by Gasteiger charge is -2.34. The van der Waals surface area contributed by atoms with Gasteiger partial charge in [-0.15, -0.1) is 0 Å². The number of aromatic nitrogens is 2. The number of carbonyl (C=O) groups excluding carboxylic acids is 2. The van der Waals surface area contributed by atoms with E-state index in [9.17, 15) is 14.4 Å². The number of urea groups is 1. The Morgan fingerprint density at radius 1 is 1.03 bits per heavy atom. The molecule has 0 radical (unpaired) electrons. The Balaban J connectivity index is 1.61. The summed E-state index contributed by atoms with van der Waals surface area (Å²) in [6.07, 6.45) is 5.69. The van der Waals surface area contributed by atoms with Gasteiger partial charge in [0.1, 0.15) is 0 Å². The summed E-state index contributed by atoms with van der Waals surface area (Å²) in [4.78, 5) is 39.5. The van der Waals surface area contributed by atoms with Gasteiger partial charge in [-0.1, -0.05) is 12.8 Å². The molecule has 1 saturated carbocycles. The molecule has 9 nitrogen and oxygen atoms in total. The van der Waals surface area contributed by atoms with Gasteiger partial charge in [0.25, 0.3) is 0 Å². The van der Waals surface area contributed by atoms with E-state index in [1.165, 1.54) is 0 Å². The number of ether oxygens (including phenoxy) is 1. The van der Waals surface area contributed by atoms with Crippen molar-refractivity contribution in [1.29, 1.82) is 0 Å². The van der Waals surface area contributed by atoms with Crippen molar-refractivity contribution in [1.82, 2.24) is 14.5 Å². The fourth-order valence-corrected chi connectivity index (χ4v) is 4.93. The number of nitrogens with one attached hydrogen (secondary N) is 2. The van der Waals surface area contributed by atoms with E-state index in [4.69, 9.17) is 4.74 Å². The molecule has 2 aliphatic rings. The molecule has 2 N–H and O–H groups in total. The van der Waals surface area contributed by atoms with Crippen LogP contribution in [0.3, 0.4) is 0 Å². The van der Waals surface area contributed by atoms with E-state index in [0.717, 1.165) is 42.4 Å². The molecule has 0 unspecified atom stereocenters. The largest absolute Gasteiger partial charge is 0.466 e. The SMILES string of the molecule is CCOC(=O)C1CCN(c2cc3c(cc2NC(=O)NC2CCCC2)n(C)c(=O)n3C)CC1. The van der Waals surface area contributed by atoms with Gasteiger partial charge in [0.2, 0.25) is 0 Å². The second-order valence-corrected chi connectivity index (χ2v) is 8.85. The highest BCUT2D eigenvalue weighted by Crippen LogP contribution is 2.34. The maximum absolute atomic E-state index is 12.7. The van der Waals surface area contributed by atoms with Crippen molar-refractivity contribution < 1.29 is 14.3 Å². The van der Waals surface area contributed by atoms with Crippen LogP contribution < -0.4 is 21.2 Å². The molecule has 1 saturated heterocycles. The van der Waals surface area contributed by atoms with Crippen LogP contribution in [0.1, 0.15) is 45.4 Å². The predicted molar refractivity (Wildman–Crippen MR) is 124 cm³/mol. The average Bonchev–Trinajstić information content (AvgIpc) is 3.36. The Morgan fingerprint density at radius 2 is 1.66 bits per heavy atom. The minimum absolute atomic E-state index is 0.0990. The molecular weight excluding hydrogens is 410 g/mol. The topological polar surface area (TPSA) is 97.6 Å². The van der Waals surface area contributed by atoms with E-state index in [0.29, 0.717) is 38.2 Å². The summed E-state index contributed by atoms with van der Waals surface area (Å²) < 4.78 is 8.39. The first-order valence-corrected chi connectivity index (χ1v) is 11.6. The number of piperidine rings is 1. The van der Waals surface area contributed by atoms with Gasteiger partial charge in [0.15, 0.2) is 0 Å². The lowest BCUT2D eigenvalue weighted by atomic mass is 9.96. The minimum Gasteiger partial charge on any atom is -0.466 e. The molecule has 4 rings (SSSR count). The van der Waals surface area contributed by atoms with Gasteiger partial charge in [-0.3, -0.25) is 13.9 Å². The molecule has 174 valence electrons. The zero-order valence-corrected chi connectivity index (χ0v) is 19.1. The van der Waals surface area contributed by atoms with Crippen LogP contribution in [0, 0.1) is 5.92 Å². The van der Waals surface area contributed by atoms with Gasteiger partial charge < -0.3 is 20.3 Å². The zero-order chi connectivity index (χ0) is 22.8. The fraction of sp³-hybridized carbons (Fsp3) is 0.609. The lowest BCUT2D eigenvalue weighted by Crippen LogP contribution is -2.39. The molecule has 1 aliphatic carbocycles. The number of fused-ring (bicyclic) bond motifs is 1. The Morgan fingerprint density at radius 3 is 2.28 bits per heavy atom. The van der Waals surface area contributed by atoms with Crippen LogP contribution in [0.4, 0.5) is 16.2 Å². The average molecular weight is 444 g/mol. The van der Waals surface area contributed by atoms with E-state index >= 15 is 0 Å². The summed E-state index contributed by atoms with van der Waals surface area (Å²) >= 11 is 0. The molecule has 0 atom stereocenters. The molecule has 2 heterocycles. The fourth-order valence-electron chi connectivity index (χ4n) is 4.93. The highest BCUT2D eigenvalue weighted by atomic mass is 16.5. The highest BCUT2D eigenvalue weighted by molar-refractivity contribution is 5.98. The molecule has 2 fully saturated rings. The van der Waals surface area contributed by atoms with Gasteiger partial charge in [0, 0.05) is 33.2 Å². The van der Waals surface area contributed by atoms with Crippen LogP contribution in [0.25, 0.3) is 11.0 Å². The van der Waals surface area contributed by atoms with Crippen LogP contribution in [0.15, 0.2) is 16.9 Å². The van der Waals surface area contributed by atoms with Crippen LogP contribution in [0.5, 0.6) is 0 Å². The van der Waals surface area contributed by atoms with Gasteiger partial charge in [-0.25, -0.2) is 9.59 Å². The number of amides is 2. The molecule has 32 heavy (non-hydrogen) atoms. The van der Waals surface area contributed by atoms with Crippen molar-refractivity contribution in [3.05, 3.63) is 22.6 Å². The van der Waals surface area contributed by atoms with Crippen molar-refractivity contribution in [2.45, 2.75) is 51.5 Å². The second kappa shape index (κ2) is 9.26. The maximum atomic E-state index is 12.7. The van der Waals surface area contributed by atoms with Gasteiger partial charge in [-0.05, 0) is 44.7 Å². The molecule has 1 aliphatic heterocycles.